The van der Waals surface area contributed by atoms with Gasteiger partial charge in [-0.15, -0.1) is 5.10 Å². The molecule has 0 saturated heterocycles. The maximum absolute atomic E-state index is 12.1. The van der Waals surface area contributed by atoms with E-state index in [1.807, 2.05) is 0 Å². The summed E-state index contributed by atoms with van der Waals surface area (Å²) in [5.41, 5.74) is -0.934. The van der Waals surface area contributed by atoms with Crippen LogP contribution in [0.5, 0.6) is 0 Å². The number of hydrogen-bond acceptors (Lipinski definition) is 7. The number of benzene rings is 1. The highest BCUT2D eigenvalue weighted by molar-refractivity contribution is 6.33. The van der Waals surface area contributed by atoms with E-state index in [4.69, 9.17) is 16.0 Å². The summed E-state index contributed by atoms with van der Waals surface area (Å²) < 4.78 is 5.84. The lowest BCUT2D eigenvalue weighted by Crippen LogP contribution is -2.45. The summed E-state index contributed by atoms with van der Waals surface area (Å²) in [6, 6.07) is 3.64. The Balaban J connectivity index is 1.68. The maximum Gasteiger partial charge on any atom is 0.437 e. The van der Waals surface area contributed by atoms with Gasteiger partial charge in [0.25, 0.3) is 11.6 Å². The minimum atomic E-state index is -0.917. The van der Waals surface area contributed by atoms with Gasteiger partial charge in [-0.3, -0.25) is 14.9 Å². The predicted octanol–water partition coefficient (Wildman–Crippen LogP) is 1.88. The lowest BCUT2D eigenvalue weighted by molar-refractivity contribution is -0.384. The summed E-state index contributed by atoms with van der Waals surface area (Å²) in [5, 5.41) is 27.7. The van der Waals surface area contributed by atoms with Crippen molar-refractivity contribution in [1.29, 1.82) is 0 Å². The van der Waals surface area contributed by atoms with Crippen molar-refractivity contribution in [3.63, 3.8) is 0 Å². The third-order valence-electron chi connectivity index (χ3n) is 4.69. The van der Waals surface area contributed by atoms with Crippen molar-refractivity contribution in [2.75, 3.05) is 6.54 Å². The zero-order valence-electron chi connectivity index (χ0n) is 14.9. The number of halogens is 1. The van der Waals surface area contributed by atoms with E-state index in [2.05, 4.69) is 10.4 Å². The number of amides is 1. The van der Waals surface area contributed by atoms with Gasteiger partial charge in [-0.05, 0) is 18.9 Å². The van der Waals surface area contributed by atoms with Gasteiger partial charge in [0, 0.05) is 18.7 Å². The molecule has 2 aromatic rings. The van der Waals surface area contributed by atoms with Gasteiger partial charge in [0.1, 0.15) is 6.54 Å². The second-order valence-electron chi connectivity index (χ2n) is 6.81. The van der Waals surface area contributed by atoms with Crippen LogP contribution in [0, 0.1) is 10.1 Å². The SMILES string of the molecule is O=C(Cn1nc(-c2ccc([N+](=O)[O-])cc2Cl)oc1=O)NCC1(O)CCCCC1. The van der Waals surface area contributed by atoms with Crippen LogP contribution in [0.4, 0.5) is 5.69 Å². The van der Waals surface area contributed by atoms with Crippen LogP contribution in [0.25, 0.3) is 11.5 Å². The van der Waals surface area contributed by atoms with Crippen molar-refractivity contribution in [3.05, 3.63) is 43.9 Å². The zero-order valence-corrected chi connectivity index (χ0v) is 15.6. The van der Waals surface area contributed by atoms with Crippen molar-refractivity contribution in [2.24, 2.45) is 0 Å². The molecule has 1 amide bonds. The summed E-state index contributed by atoms with van der Waals surface area (Å²) in [7, 11) is 0. The molecule has 1 heterocycles. The predicted molar refractivity (Wildman–Crippen MR) is 98.9 cm³/mol. The Morgan fingerprint density at radius 2 is 2.11 bits per heavy atom. The molecule has 11 heteroatoms. The number of carbonyl (C=O) groups is 1. The van der Waals surface area contributed by atoms with E-state index >= 15 is 0 Å². The van der Waals surface area contributed by atoms with Gasteiger partial charge >= 0.3 is 5.76 Å². The number of hydrogen-bond donors (Lipinski definition) is 2. The fraction of sp³-hybridized carbons (Fsp3) is 0.471. The summed E-state index contributed by atoms with van der Waals surface area (Å²) in [4.78, 5) is 34.2. The smallest absolute Gasteiger partial charge is 0.388 e. The standard InChI is InChI=1S/C17H19ClN4O6/c18-13-8-11(22(26)27)4-5-12(13)15-20-21(16(24)28-15)9-14(23)19-10-17(25)6-2-1-3-7-17/h4-5,8,25H,1-3,6-7,9-10H2,(H,19,23). The Morgan fingerprint density at radius 1 is 1.39 bits per heavy atom. The second-order valence-corrected chi connectivity index (χ2v) is 7.22. The van der Waals surface area contributed by atoms with Crippen LogP contribution in [-0.2, 0) is 11.3 Å². The fourth-order valence-corrected chi connectivity index (χ4v) is 3.40. The first kappa shape index (κ1) is 20.0. The van der Waals surface area contributed by atoms with Gasteiger partial charge in [-0.1, -0.05) is 30.9 Å². The molecule has 1 aliphatic rings. The van der Waals surface area contributed by atoms with Gasteiger partial charge < -0.3 is 14.8 Å². The molecule has 28 heavy (non-hydrogen) atoms. The third kappa shape index (κ3) is 4.57. The number of nitrogens with one attached hydrogen (secondary N) is 1. The Labute approximate surface area is 164 Å². The molecule has 0 radical (unpaired) electrons. The molecule has 0 atom stereocenters. The van der Waals surface area contributed by atoms with Gasteiger partial charge in [0.15, 0.2) is 0 Å². The average Bonchev–Trinajstić information content (AvgIpc) is 3.00. The summed E-state index contributed by atoms with van der Waals surface area (Å²) in [6.07, 6.45) is 4.14. The van der Waals surface area contributed by atoms with E-state index in [0.717, 1.165) is 30.0 Å². The minimum absolute atomic E-state index is 0.00780. The number of aromatic nitrogens is 2. The topological polar surface area (TPSA) is 140 Å². The fourth-order valence-electron chi connectivity index (χ4n) is 3.15. The molecule has 1 saturated carbocycles. The van der Waals surface area contributed by atoms with Crippen LogP contribution in [0.2, 0.25) is 5.02 Å². The molecule has 0 spiro atoms. The summed E-state index contributed by atoms with van der Waals surface area (Å²) >= 11 is 6.00. The monoisotopic (exact) mass is 410 g/mol. The zero-order chi connectivity index (χ0) is 20.3. The minimum Gasteiger partial charge on any atom is -0.388 e. The highest BCUT2D eigenvalue weighted by Gasteiger charge is 2.29. The number of aliphatic hydroxyl groups is 1. The largest absolute Gasteiger partial charge is 0.437 e. The highest BCUT2D eigenvalue weighted by atomic mass is 35.5. The number of nitro benzene ring substituents is 1. The Kier molecular flexibility index (Phi) is 5.80. The first-order valence-corrected chi connectivity index (χ1v) is 9.17. The van der Waals surface area contributed by atoms with E-state index in [9.17, 15) is 24.8 Å². The average molecular weight is 411 g/mol. The van der Waals surface area contributed by atoms with Crippen molar-refractivity contribution in [2.45, 2.75) is 44.2 Å². The first-order valence-electron chi connectivity index (χ1n) is 8.79. The normalized spacial score (nSPS) is 15.9. The van der Waals surface area contributed by atoms with Crippen LogP contribution < -0.4 is 11.1 Å². The van der Waals surface area contributed by atoms with Gasteiger partial charge in [0.2, 0.25) is 5.91 Å². The third-order valence-corrected chi connectivity index (χ3v) is 5.01. The van der Waals surface area contributed by atoms with Crippen LogP contribution in [0.1, 0.15) is 32.1 Å². The van der Waals surface area contributed by atoms with Crippen LogP contribution in [0.15, 0.2) is 27.4 Å². The molecule has 1 aliphatic carbocycles. The van der Waals surface area contributed by atoms with E-state index in [1.165, 1.54) is 12.1 Å². The summed E-state index contributed by atoms with van der Waals surface area (Å²) in [5.74, 6) is -1.50. The number of non-ortho nitro benzene ring substituents is 1. The summed E-state index contributed by atoms with van der Waals surface area (Å²) in [6.45, 7) is -0.275. The number of nitro groups is 1. The second kappa shape index (κ2) is 8.11. The Bertz CT molecular complexity index is 947. The molecular formula is C17H19ClN4O6. The molecule has 0 unspecified atom stereocenters. The van der Waals surface area contributed by atoms with Gasteiger partial charge in [-0.2, -0.15) is 4.68 Å². The van der Waals surface area contributed by atoms with Crippen molar-refractivity contribution >= 4 is 23.2 Å². The van der Waals surface area contributed by atoms with Crippen molar-refractivity contribution < 1.29 is 19.2 Å². The molecule has 10 nitrogen and oxygen atoms in total. The van der Waals surface area contributed by atoms with Crippen molar-refractivity contribution in [1.82, 2.24) is 15.1 Å². The van der Waals surface area contributed by atoms with Crippen LogP contribution in [0.3, 0.4) is 0 Å². The lowest BCUT2D eigenvalue weighted by Gasteiger charge is -2.32. The van der Waals surface area contributed by atoms with E-state index in [0.29, 0.717) is 12.8 Å². The number of nitrogens with zero attached hydrogens (tertiary/aromatic N) is 3. The van der Waals surface area contributed by atoms with Crippen LogP contribution >= 0.6 is 11.6 Å². The maximum atomic E-state index is 12.1. The molecule has 1 aromatic carbocycles. The van der Waals surface area contributed by atoms with E-state index < -0.39 is 22.2 Å². The molecule has 1 aromatic heterocycles. The molecule has 0 aliphatic heterocycles. The Hall–Kier alpha value is -2.72. The van der Waals surface area contributed by atoms with Crippen molar-refractivity contribution in [3.8, 4) is 11.5 Å². The number of rotatable bonds is 6. The van der Waals surface area contributed by atoms with E-state index in [1.54, 1.807) is 0 Å². The lowest BCUT2D eigenvalue weighted by atomic mass is 9.85. The molecule has 150 valence electrons. The molecule has 0 bridgehead atoms. The Morgan fingerprint density at radius 3 is 2.75 bits per heavy atom. The molecule has 3 rings (SSSR count). The van der Waals surface area contributed by atoms with Crippen LogP contribution in [-0.4, -0.2) is 37.9 Å². The van der Waals surface area contributed by atoms with Gasteiger partial charge in [0.05, 0.1) is 21.1 Å². The first-order chi connectivity index (χ1) is 13.3. The molecule has 1 fully saturated rings. The van der Waals surface area contributed by atoms with E-state index in [-0.39, 0.29) is 35.3 Å². The molecule has 2 N–H and O–H groups in total. The number of carbonyl (C=O) groups excluding carboxylic acids is 1. The van der Waals surface area contributed by atoms with Gasteiger partial charge in [-0.25, -0.2) is 4.79 Å². The molecular weight excluding hydrogens is 392 g/mol. The quantitative estimate of drug-likeness (QED) is 0.547. The highest BCUT2D eigenvalue weighted by Crippen LogP contribution is 2.29.